The molecule has 0 fully saturated rings. The fraction of sp³-hybridized carbons (Fsp3) is 0.778. The summed E-state index contributed by atoms with van der Waals surface area (Å²) >= 11 is 0. The Morgan fingerprint density at radius 3 is 2.20 bits per heavy atom. The largest absolute Gasteiger partial charge is 0.464 e. The van der Waals surface area contributed by atoms with Gasteiger partial charge in [0, 0.05) is 8.07 Å². The Morgan fingerprint density at radius 2 is 1.87 bits per heavy atom. The highest BCUT2D eigenvalue weighted by atomic mass is 28.3. The summed E-state index contributed by atoms with van der Waals surface area (Å²) in [6.45, 7) is 7.82. The first kappa shape index (κ1) is 14.0. The molecule has 15 heavy (non-hydrogen) atoms. The zero-order valence-electron chi connectivity index (χ0n) is 9.57. The lowest BCUT2D eigenvalue weighted by Gasteiger charge is -2.15. The maximum Gasteiger partial charge on any atom is 0.342 e. The van der Waals surface area contributed by atoms with E-state index in [2.05, 4.69) is 24.8 Å². The fourth-order valence-corrected chi connectivity index (χ4v) is 1.53. The Labute approximate surface area is 90.2 Å². The number of ketones is 1. The predicted molar refractivity (Wildman–Crippen MR) is 59.4 cm³/mol. The summed E-state index contributed by atoms with van der Waals surface area (Å²) < 4.78 is 4.81. The van der Waals surface area contributed by atoms with E-state index in [1.54, 1.807) is 0 Å². The molecule has 1 unspecified atom stereocenters. The van der Waals surface area contributed by atoms with Gasteiger partial charge in [0.25, 0.3) is 0 Å². The molecule has 0 rings (SSSR count). The molecule has 86 valence electrons. The van der Waals surface area contributed by atoms with Gasteiger partial charge in [0.05, 0.1) is 6.61 Å². The van der Waals surface area contributed by atoms with Crippen LogP contribution < -0.4 is 0 Å². The minimum Gasteiger partial charge on any atom is -0.464 e. The van der Waals surface area contributed by atoms with E-state index in [0.29, 0.717) is 0 Å². The standard InChI is InChI=1S/C9H17NO4Si/c1-7(11)8(10-13)9(12)14-5-6-15(2,3)4/h8H,5-6H2,1-4H3. The third-order valence-corrected chi connectivity index (χ3v) is 3.51. The Hall–Kier alpha value is -1.04. The molecule has 6 heteroatoms. The monoisotopic (exact) mass is 231 g/mol. The first-order chi connectivity index (χ1) is 6.78. The number of nitroso groups, excluding NO2 is 1. The normalized spacial score (nSPS) is 13.1. The zero-order chi connectivity index (χ0) is 12.1. The van der Waals surface area contributed by atoms with Gasteiger partial charge < -0.3 is 4.74 Å². The third kappa shape index (κ3) is 6.11. The molecule has 0 saturated heterocycles. The van der Waals surface area contributed by atoms with Gasteiger partial charge in [0.1, 0.15) is 0 Å². The summed E-state index contributed by atoms with van der Waals surface area (Å²) in [6, 6.07) is -0.686. The Bertz CT molecular complexity index is 259. The van der Waals surface area contributed by atoms with Gasteiger partial charge in [-0.3, -0.25) is 4.79 Å². The van der Waals surface area contributed by atoms with Crippen LogP contribution in [0.25, 0.3) is 0 Å². The van der Waals surface area contributed by atoms with E-state index in [1.807, 2.05) is 0 Å². The molecule has 0 aromatic rings. The number of carbonyl (C=O) groups excluding carboxylic acids is 2. The van der Waals surface area contributed by atoms with E-state index in [1.165, 1.54) is 0 Å². The lowest BCUT2D eigenvalue weighted by molar-refractivity contribution is -0.147. The summed E-state index contributed by atoms with van der Waals surface area (Å²) in [7, 11) is -1.27. The number of hydrogen-bond acceptors (Lipinski definition) is 5. The van der Waals surface area contributed by atoms with Crippen molar-refractivity contribution in [3.8, 4) is 0 Å². The van der Waals surface area contributed by atoms with E-state index in [9.17, 15) is 14.5 Å². The third-order valence-electron chi connectivity index (χ3n) is 1.81. The van der Waals surface area contributed by atoms with E-state index >= 15 is 0 Å². The van der Waals surface area contributed by atoms with Crippen molar-refractivity contribution < 1.29 is 14.3 Å². The highest BCUT2D eigenvalue weighted by molar-refractivity contribution is 6.76. The molecule has 0 aliphatic heterocycles. The number of carbonyl (C=O) groups is 2. The Morgan fingerprint density at radius 1 is 1.33 bits per heavy atom. The van der Waals surface area contributed by atoms with E-state index in [4.69, 9.17) is 4.74 Å². The van der Waals surface area contributed by atoms with Gasteiger partial charge in [-0.2, -0.15) is 0 Å². The Kier molecular flexibility index (Phi) is 5.35. The van der Waals surface area contributed by atoms with Crippen molar-refractivity contribution in [3.63, 3.8) is 0 Å². The minimum atomic E-state index is -1.49. The molecule has 0 saturated carbocycles. The van der Waals surface area contributed by atoms with E-state index in [0.717, 1.165) is 13.0 Å². The lowest BCUT2D eigenvalue weighted by Crippen LogP contribution is -2.30. The summed E-state index contributed by atoms with van der Waals surface area (Å²) in [5.41, 5.74) is 0. The first-order valence-electron chi connectivity index (χ1n) is 4.77. The van der Waals surface area contributed by atoms with Gasteiger partial charge >= 0.3 is 5.97 Å². The maximum atomic E-state index is 11.2. The van der Waals surface area contributed by atoms with Crippen LogP contribution in [0.3, 0.4) is 0 Å². The quantitative estimate of drug-likeness (QED) is 0.301. The van der Waals surface area contributed by atoms with Gasteiger partial charge in [-0.05, 0) is 18.1 Å². The van der Waals surface area contributed by atoms with Crippen LogP contribution in [0, 0.1) is 4.91 Å². The summed E-state index contributed by atoms with van der Waals surface area (Å²) in [6.07, 6.45) is 0. The van der Waals surface area contributed by atoms with Crippen LogP contribution in [0.2, 0.25) is 25.7 Å². The van der Waals surface area contributed by atoms with Crippen molar-refractivity contribution >= 4 is 19.8 Å². The molecule has 0 radical (unpaired) electrons. The smallest absolute Gasteiger partial charge is 0.342 e. The second-order valence-electron chi connectivity index (χ2n) is 4.60. The van der Waals surface area contributed by atoms with Crippen LogP contribution in [0.1, 0.15) is 6.92 Å². The van der Waals surface area contributed by atoms with Crippen molar-refractivity contribution in [2.45, 2.75) is 38.7 Å². The molecule has 1 atom stereocenters. The number of ether oxygens (including phenoxy) is 1. The van der Waals surface area contributed by atoms with Gasteiger partial charge in [0.2, 0.25) is 6.04 Å². The minimum absolute atomic E-state index is 0.258. The first-order valence-corrected chi connectivity index (χ1v) is 8.48. The van der Waals surface area contributed by atoms with E-state index in [-0.39, 0.29) is 6.61 Å². The number of nitrogens with zero attached hydrogens (tertiary/aromatic N) is 1. The van der Waals surface area contributed by atoms with Crippen LogP contribution in [-0.4, -0.2) is 32.5 Å². The number of hydrogen-bond donors (Lipinski definition) is 0. The molecule has 0 aromatic heterocycles. The maximum absolute atomic E-state index is 11.2. The second-order valence-corrected chi connectivity index (χ2v) is 10.2. The number of esters is 1. The average molecular weight is 231 g/mol. The number of rotatable bonds is 6. The van der Waals surface area contributed by atoms with Gasteiger partial charge in [-0.1, -0.05) is 19.6 Å². The van der Waals surface area contributed by atoms with Crippen molar-refractivity contribution in [3.05, 3.63) is 4.91 Å². The van der Waals surface area contributed by atoms with Crippen molar-refractivity contribution in [2.24, 2.45) is 5.18 Å². The van der Waals surface area contributed by atoms with Crippen LogP contribution in [-0.2, 0) is 14.3 Å². The molecule has 0 spiro atoms. The van der Waals surface area contributed by atoms with Gasteiger partial charge in [-0.25, -0.2) is 4.79 Å². The highest BCUT2D eigenvalue weighted by Gasteiger charge is 2.26. The topological polar surface area (TPSA) is 72.8 Å². The second kappa shape index (κ2) is 5.74. The lowest BCUT2D eigenvalue weighted by atomic mass is 10.2. The molecular weight excluding hydrogens is 214 g/mol. The summed E-state index contributed by atoms with van der Waals surface area (Å²) in [4.78, 5) is 32.2. The highest BCUT2D eigenvalue weighted by Crippen LogP contribution is 2.08. The summed E-state index contributed by atoms with van der Waals surface area (Å²) in [5.74, 6) is -1.42. The van der Waals surface area contributed by atoms with Gasteiger partial charge in [0.15, 0.2) is 5.78 Å². The molecule has 0 aliphatic rings. The molecular formula is C9H17NO4Si. The molecule has 0 aliphatic carbocycles. The summed E-state index contributed by atoms with van der Waals surface area (Å²) in [5, 5.41) is 2.44. The molecule has 5 nitrogen and oxygen atoms in total. The molecule has 0 bridgehead atoms. The average Bonchev–Trinajstić information content (AvgIpc) is 2.01. The Balaban J connectivity index is 4.03. The van der Waals surface area contributed by atoms with Crippen molar-refractivity contribution in [1.82, 2.24) is 0 Å². The van der Waals surface area contributed by atoms with Crippen LogP contribution >= 0.6 is 0 Å². The van der Waals surface area contributed by atoms with Crippen LogP contribution in [0.5, 0.6) is 0 Å². The van der Waals surface area contributed by atoms with Gasteiger partial charge in [-0.15, -0.1) is 4.91 Å². The molecule has 0 amide bonds. The molecule has 0 heterocycles. The zero-order valence-corrected chi connectivity index (χ0v) is 10.6. The fourth-order valence-electron chi connectivity index (χ4n) is 0.820. The van der Waals surface area contributed by atoms with Crippen LogP contribution in [0.15, 0.2) is 5.18 Å². The molecule has 0 aromatic carbocycles. The van der Waals surface area contributed by atoms with Crippen molar-refractivity contribution in [2.75, 3.05) is 6.61 Å². The van der Waals surface area contributed by atoms with Crippen molar-refractivity contribution in [1.29, 1.82) is 0 Å². The number of Topliss-reactive ketones (excluding diaryl/α,β-unsaturated/α-hetero) is 1. The van der Waals surface area contributed by atoms with E-state index < -0.39 is 25.9 Å². The predicted octanol–water partition coefficient (Wildman–Crippen LogP) is 1.59. The van der Waals surface area contributed by atoms with Crippen LogP contribution in [0.4, 0.5) is 0 Å². The molecule has 0 N–H and O–H groups in total. The SMILES string of the molecule is CC(=O)C(N=O)C(=O)OCC[Si](C)(C)C.